The molecule has 0 radical (unpaired) electrons. The first-order valence-corrected chi connectivity index (χ1v) is 2.87. The summed E-state index contributed by atoms with van der Waals surface area (Å²) in [5.74, 6) is -0.282. The Balaban J connectivity index is 2.53. The molecule has 0 spiro atoms. The van der Waals surface area contributed by atoms with E-state index in [4.69, 9.17) is 4.74 Å². The smallest absolute Gasteiger partial charge is 0.340 e. The number of hydrogen-bond donors (Lipinski definition) is 0. The lowest BCUT2D eigenvalue weighted by Gasteiger charge is -2.00. The zero-order chi connectivity index (χ0) is 7.07. The maximum absolute atomic E-state index is 10.8. The molecule has 0 aromatic rings. The summed E-state index contributed by atoms with van der Waals surface area (Å²) in [6.07, 6.45) is 0.0185. The number of epoxide rings is 1. The van der Waals surface area contributed by atoms with E-state index < -0.39 is 5.60 Å². The van der Waals surface area contributed by atoms with E-state index in [1.807, 2.05) is 6.92 Å². The van der Waals surface area contributed by atoms with Gasteiger partial charge in [0.25, 0.3) is 0 Å². The zero-order valence-electron chi connectivity index (χ0n) is 5.80. The Bertz CT molecular complexity index is 143. The highest BCUT2D eigenvalue weighted by atomic mass is 16.7. The average Bonchev–Trinajstić information content (AvgIpc) is 2.41. The monoisotopic (exact) mass is 130 g/mol. The summed E-state index contributed by atoms with van der Waals surface area (Å²) in [7, 11) is 1.36. The third kappa shape index (κ3) is 0.812. The largest absolute Gasteiger partial charge is 0.467 e. The molecule has 52 valence electrons. The molecule has 1 heterocycles. The van der Waals surface area contributed by atoms with Gasteiger partial charge in [0.1, 0.15) is 0 Å². The molecule has 3 heteroatoms. The molecule has 3 nitrogen and oxygen atoms in total. The SMILES string of the molecule is COC(=O)[C@]1(C)O[C@@H]1C. The molecular weight excluding hydrogens is 120 g/mol. The second-order valence-electron chi connectivity index (χ2n) is 2.36. The molecule has 1 saturated heterocycles. The summed E-state index contributed by atoms with van der Waals surface area (Å²) in [5, 5.41) is 0. The highest BCUT2D eigenvalue weighted by Crippen LogP contribution is 2.36. The summed E-state index contributed by atoms with van der Waals surface area (Å²) >= 11 is 0. The third-order valence-electron chi connectivity index (χ3n) is 1.73. The first kappa shape index (κ1) is 6.55. The average molecular weight is 130 g/mol. The topological polar surface area (TPSA) is 38.8 Å². The van der Waals surface area contributed by atoms with Crippen molar-refractivity contribution in [1.29, 1.82) is 0 Å². The van der Waals surface area contributed by atoms with Crippen LogP contribution in [0.4, 0.5) is 0 Å². The van der Waals surface area contributed by atoms with Crippen molar-refractivity contribution < 1.29 is 14.3 Å². The van der Waals surface area contributed by atoms with Gasteiger partial charge in [-0.15, -0.1) is 0 Å². The Hall–Kier alpha value is -0.570. The van der Waals surface area contributed by atoms with E-state index >= 15 is 0 Å². The van der Waals surface area contributed by atoms with Crippen molar-refractivity contribution in [3.05, 3.63) is 0 Å². The lowest BCUT2D eigenvalue weighted by Crippen LogP contribution is -2.23. The van der Waals surface area contributed by atoms with Crippen LogP contribution in [0.5, 0.6) is 0 Å². The van der Waals surface area contributed by atoms with Crippen molar-refractivity contribution in [1.82, 2.24) is 0 Å². The zero-order valence-corrected chi connectivity index (χ0v) is 5.80. The second-order valence-corrected chi connectivity index (χ2v) is 2.36. The van der Waals surface area contributed by atoms with Crippen molar-refractivity contribution in [2.45, 2.75) is 25.6 Å². The first-order valence-electron chi connectivity index (χ1n) is 2.87. The minimum Gasteiger partial charge on any atom is -0.467 e. The Morgan fingerprint density at radius 3 is 2.33 bits per heavy atom. The van der Waals surface area contributed by atoms with Crippen molar-refractivity contribution in [2.24, 2.45) is 0 Å². The number of esters is 1. The Labute approximate surface area is 53.9 Å². The standard InChI is InChI=1S/C6H10O3/c1-4-6(2,9-4)5(7)8-3/h4H,1-3H3/t4-,6-/m1/s1. The van der Waals surface area contributed by atoms with Crippen LogP contribution in [0.15, 0.2) is 0 Å². The Morgan fingerprint density at radius 2 is 2.22 bits per heavy atom. The van der Waals surface area contributed by atoms with Crippen LogP contribution in [0, 0.1) is 0 Å². The molecule has 0 bridgehead atoms. The molecular formula is C6H10O3. The summed E-state index contributed by atoms with van der Waals surface area (Å²) < 4.78 is 9.47. The van der Waals surface area contributed by atoms with Crippen LogP contribution in [0.1, 0.15) is 13.8 Å². The third-order valence-corrected chi connectivity index (χ3v) is 1.73. The predicted octanol–water partition coefficient (Wildman–Crippen LogP) is 0.337. The fourth-order valence-electron chi connectivity index (χ4n) is 0.750. The van der Waals surface area contributed by atoms with Gasteiger partial charge in [0.05, 0.1) is 13.2 Å². The molecule has 1 aliphatic heterocycles. The molecule has 0 amide bonds. The Morgan fingerprint density at radius 1 is 1.78 bits per heavy atom. The minimum atomic E-state index is -0.644. The molecule has 0 N–H and O–H groups in total. The van der Waals surface area contributed by atoms with Gasteiger partial charge in [-0.2, -0.15) is 0 Å². The summed E-state index contributed by atoms with van der Waals surface area (Å²) in [5.41, 5.74) is -0.644. The van der Waals surface area contributed by atoms with Gasteiger partial charge in [-0.3, -0.25) is 0 Å². The second kappa shape index (κ2) is 1.70. The normalized spacial score (nSPS) is 40.1. The highest BCUT2D eigenvalue weighted by molar-refractivity contribution is 5.82. The van der Waals surface area contributed by atoms with Gasteiger partial charge < -0.3 is 9.47 Å². The number of ether oxygens (including phenoxy) is 2. The van der Waals surface area contributed by atoms with Crippen LogP contribution >= 0.6 is 0 Å². The van der Waals surface area contributed by atoms with Crippen molar-refractivity contribution in [3.8, 4) is 0 Å². The maximum Gasteiger partial charge on any atom is 0.340 e. The molecule has 0 aromatic heterocycles. The lowest BCUT2D eigenvalue weighted by atomic mass is 10.1. The van der Waals surface area contributed by atoms with Crippen molar-refractivity contribution in [2.75, 3.05) is 7.11 Å². The van der Waals surface area contributed by atoms with E-state index in [0.29, 0.717) is 0 Å². The number of rotatable bonds is 1. The van der Waals surface area contributed by atoms with Gasteiger partial charge in [-0.05, 0) is 13.8 Å². The van der Waals surface area contributed by atoms with Gasteiger partial charge in [-0.1, -0.05) is 0 Å². The van der Waals surface area contributed by atoms with Crippen LogP contribution < -0.4 is 0 Å². The molecule has 1 aliphatic rings. The fraction of sp³-hybridized carbons (Fsp3) is 0.833. The number of carbonyl (C=O) groups is 1. The lowest BCUT2D eigenvalue weighted by molar-refractivity contribution is -0.146. The molecule has 9 heavy (non-hydrogen) atoms. The predicted molar refractivity (Wildman–Crippen MR) is 31.0 cm³/mol. The van der Waals surface area contributed by atoms with Crippen LogP contribution in [-0.4, -0.2) is 24.8 Å². The highest BCUT2D eigenvalue weighted by Gasteiger charge is 2.56. The molecule has 0 saturated carbocycles. The van der Waals surface area contributed by atoms with E-state index in [0.717, 1.165) is 0 Å². The molecule has 1 fully saturated rings. The van der Waals surface area contributed by atoms with E-state index in [1.165, 1.54) is 7.11 Å². The quantitative estimate of drug-likeness (QED) is 0.379. The van der Waals surface area contributed by atoms with Gasteiger partial charge in [0.15, 0.2) is 5.60 Å². The van der Waals surface area contributed by atoms with E-state index in [2.05, 4.69) is 4.74 Å². The fourth-order valence-corrected chi connectivity index (χ4v) is 0.750. The maximum atomic E-state index is 10.8. The van der Waals surface area contributed by atoms with Gasteiger partial charge in [0, 0.05) is 0 Å². The number of carbonyl (C=O) groups excluding carboxylic acids is 1. The minimum absolute atomic E-state index is 0.0185. The van der Waals surface area contributed by atoms with Gasteiger partial charge in [-0.25, -0.2) is 4.79 Å². The molecule has 2 atom stereocenters. The molecule has 0 aromatic carbocycles. The van der Waals surface area contributed by atoms with Gasteiger partial charge in [0.2, 0.25) is 0 Å². The summed E-state index contributed by atoms with van der Waals surface area (Å²) in [6, 6.07) is 0. The first-order chi connectivity index (χ1) is 4.11. The van der Waals surface area contributed by atoms with Crippen LogP contribution in [-0.2, 0) is 14.3 Å². The Kier molecular flexibility index (Phi) is 1.24. The summed E-state index contributed by atoms with van der Waals surface area (Å²) in [6.45, 7) is 3.57. The van der Waals surface area contributed by atoms with Crippen LogP contribution in [0.2, 0.25) is 0 Å². The summed E-state index contributed by atoms with van der Waals surface area (Å²) in [4.78, 5) is 10.8. The molecule has 1 rings (SSSR count). The van der Waals surface area contributed by atoms with Crippen molar-refractivity contribution >= 4 is 5.97 Å². The van der Waals surface area contributed by atoms with Crippen LogP contribution in [0.25, 0.3) is 0 Å². The van der Waals surface area contributed by atoms with E-state index in [9.17, 15) is 4.79 Å². The number of hydrogen-bond acceptors (Lipinski definition) is 3. The van der Waals surface area contributed by atoms with E-state index in [1.54, 1.807) is 6.92 Å². The number of methoxy groups -OCH3 is 1. The van der Waals surface area contributed by atoms with E-state index in [-0.39, 0.29) is 12.1 Å². The molecule has 0 unspecified atom stereocenters. The van der Waals surface area contributed by atoms with Crippen molar-refractivity contribution in [3.63, 3.8) is 0 Å². The van der Waals surface area contributed by atoms with Gasteiger partial charge >= 0.3 is 5.97 Å². The molecule has 0 aliphatic carbocycles. The van der Waals surface area contributed by atoms with Crippen LogP contribution in [0.3, 0.4) is 0 Å².